The van der Waals surface area contributed by atoms with E-state index in [0.717, 1.165) is 19.3 Å². The Kier molecular flexibility index (Phi) is 4.47. The molecule has 1 aromatic heterocycles. The van der Waals surface area contributed by atoms with Crippen molar-refractivity contribution in [3.63, 3.8) is 0 Å². The molecule has 4 nitrogen and oxygen atoms in total. The summed E-state index contributed by atoms with van der Waals surface area (Å²) in [4.78, 5) is 25.7. The van der Waals surface area contributed by atoms with Crippen molar-refractivity contribution in [2.45, 2.75) is 37.0 Å². The average Bonchev–Trinajstić information content (AvgIpc) is 2.39. The van der Waals surface area contributed by atoms with E-state index in [1.807, 2.05) is 11.8 Å². The predicted molar refractivity (Wildman–Crippen MR) is 74.1 cm³/mol. The number of rotatable bonds is 3. The number of carbonyl (C=O) groups excluding carboxylic acids is 1. The number of H-pyrrole nitrogens is 1. The molecule has 1 heterocycles. The van der Waals surface area contributed by atoms with Crippen molar-refractivity contribution in [2.75, 3.05) is 6.26 Å². The number of aromatic nitrogens is 1. The lowest BCUT2D eigenvalue weighted by Gasteiger charge is -2.30. The van der Waals surface area contributed by atoms with E-state index in [9.17, 15) is 9.59 Å². The standard InChI is InChI=1S/C13H18N2O2S/c1-18-11-5-3-2-4-10(11)15-13(17)9-6-7-14-12(16)8-9/h6-8,10-11H,2-5H2,1H3,(H,14,16)(H,15,17). The summed E-state index contributed by atoms with van der Waals surface area (Å²) in [5.41, 5.74) is 0.192. The van der Waals surface area contributed by atoms with Gasteiger partial charge in [-0.15, -0.1) is 0 Å². The second-order valence-electron chi connectivity index (χ2n) is 4.58. The Morgan fingerprint density at radius 3 is 2.94 bits per heavy atom. The van der Waals surface area contributed by atoms with Crippen LogP contribution in [0.15, 0.2) is 23.1 Å². The van der Waals surface area contributed by atoms with Crippen LogP contribution in [-0.2, 0) is 0 Å². The maximum atomic E-state index is 12.1. The third-order valence-electron chi connectivity index (χ3n) is 3.36. The van der Waals surface area contributed by atoms with Crippen LogP contribution >= 0.6 is 11.8 Å². The molecule has 2 N–H and O–H groups in total. The van der Waals surface area contributed by atoms with E-state index in [1.165, 1.54) is 18.7 Å². The summed E-state index contributed by atoms with van der Waals surface area (Å²) in [6.45, 7) is 0. The second-order valence-corrected chi connectivity index (χ2v) is 5.66. The monoisotopic (exact) mass is 266 g/mol. The lowest BCUT2D eigenvalue weighted by molar-refractivity contribution is 0.0929. The number of amides is 1. The number of carbonyl (C=O) groups is 1. The molecule has 0 aliphatic heterocycles. The van der Waals surface area contributed by atoms with Crippen LogP contribution in [0.2, 0.25) is 0 Å². The van der Waals surface area contributed by atoms with Crippen LogP contribution in [0.5, 0.6) is 0 Å². The van der Waals surface area contributed by atoms with Crippen LogP contribution in [0.1, 0.15) is 36.0 Å². The average molecular weight is 266 g/mol. The molecule has 0 spiro atoms. The van der Waals surface area contributed by atoms with Gasteiger partial charge >= 0.3 is 0 Å². The molecule has 0 aromatic carbocycles. The van der Waals surface area contributed by atoms with Crippen molar-refractivity contribution < 1.29 is 4.79 Å². The molecular weight excluding hydrogens is 248 g/mol. The highest BCUT2D eigenvalue weighted by Gasteiger charge is 2.25. The fraction of sp³-hybridized carbons (Fsp3) is 0.538. The van der Waals surface area contributed by atoms with Gasteiger partial charge in [0.15, 0.2) is 0 Å². The van der Waals surface area contributed by atoms with Crippen LogP contribution < -0.4 is 10.9 Å². The van der Waals surface area contributed by atoms with Gasteiger partial charge in [0.05, 0.1) is 0 Å². The first-order chi connectivity index (χ1) is 8.70. The zero-order valence-corrected chi connectivity index (χ0v) is 11.3. The Morgan fingerprint density at radius 2 is 2.22 bits per heavy atom. The molecule has 1 aliphatic rings. The highest BCUT2D eigenvalue weighted by molar-refractivity contribution is 7.99. The highest BCUT2D eigenvalue weighted by atomic mass is 32.2. The molecule has 2 atom stereocenters. The molecule has 0 bridgehead atoms. The van der Waals surface area contributed by atoms with Gasteiger partial charge in [0.25, 0.3) is 5.91 Å². The molecule has 1 amide bonds. The first-order valence-electron chi connectivity index (χ1n) is 6.23. The Labute approximate surface area is 111 Å². The molecule has 1 saturated carbocycles. The molecule has 18 heavy (non-hydrogen) atoms. The number of thioether (sulfide) groups is 1. The van der Waals surface area contributed by atoms with E-state index in [1.54, 1.807) is 6.07 Å². The molecule has 2 unspecified atom stereocenters. The smallest absolute Gasteiger partial charge is 0.251 e. The fourth-order valence-electron chi connectivity index (χ4n) is 2.38. The quantitative estimate of drug-likeness (QED) is 0.876. The third kappa shape index (κ3) is 3.16. The second kappa shape index (κ2) is 6.09. The van der Waals surface area contributed by atoms with Crippen LogP contribution in [0, 0.1) is 0 Å². The van der Waals surface area contributed by atoms with Crippen LogP contribution in [0.3, 0.4) is 0 Å². The van der Waals surface area contributed by atoms with Crippen molar-refractivity contribution in [1.82, 2.24) is 10.3 Å². The molecule has 0 radical (unpaired) electrons. The normalized spacial score (nSPS) is 23.6. The van der Waals surface area contributed by atoms with E-state index in [2.05, 4.69) is 16.6 Å². The summed E-state index contributed by atoms with van der Waals surface area (Å²) < 4.78 is 0. The maximum Gasteiger partial charge on any atom is 0.251 e. The summed E-state index contributed by atoms with van der Waals surface area (Å²) >= 11 is 1.81. The Morgan fingerprint density at radius 1 is 1.44 bits per heavy atom. The molecule has 1 fully saturated rings. The van der Waals surface area contributed by atoms with Gasteiger partial charge in [0.1, 0.15) is 0 Å². The van der Waals surface area contributed by atoms with E-state index >= 15 is 0 Å². The van der Waals surface area contributed by atoms with Crippen LogP contribution in [0.25, 0.3) is 0 Å². The van der Waals surface area contributed by atoms with E-state index in [-0.39, 0.29) is 17.5 Å². The lowest BCUT2D eigenvalue weighted by atomic mass is 9.94. The van der Waals surface area contributed by atoms with Gasteiger partial charge in [0.2, 0.25) is 5.56 Å². The van der Waals surface area contributed by atoms with Gasteiger partial charge in [-0.2, -0.15) is 11.8 Å². The summed E-state index contributed by atoms with van der Waals surface area (Å²) in [6, 6.07) is 3.19. The first-order valence-corrected chi connectivity index (χ1v) is 7.52. The SMILES string of the molecule is CSC1CCCCC1NC(=O)c1cc[nH]c(=O)c1. The van der Waals surface area contributed by atoms with Crippen molar-refractivity contribution in [2.24, 2.45) is 0 Å². The maximum absolute atomic E-state index is 12.1. The van der Waals surface area contributed by atoms with E-state index in [0.29, 0.717) is 10.8 Å². The summed E-state index contributed by atoms with van der Waals surface area (Å²) in [7, 11) is 0. The molecule has 2 rings (SSSR count). The lowest BCUT2D eigenvalue weighted by Crippen LogP contribution is -2.43. The minimum Gasteiger partial charge on any atom is -0.348 e. The zero-order chi connectivity index (χ0) is 13.0. The minimum atomic E-state index is -0.243. The van der Waals surface area contributed by atoms with Gasteiger partial charge in [-0.3, -0.25) is 9.59 Å². The number of aromatic amines is 1. The van der Waals surface area contributed by atoms with Gasteiger partial charge < -0.3 is 10.3 Å². The topological polar surface area (TPSA) is 62.0 Å². The largest absolute Gasteiger partial charge is 0.348 e. The Bertz CT molecular complexity index is 472. The van der Waals surface area contributed by atoms with Gasteiger partial charge in [-0.1, -0.05) is 12.8 Å². The van der Waals surface area contributed by atoms with Crippen molar-refractivity contribution >= 4 is 17.7 Å². The first kappa shape index (κ1) is 13.2. The Hall–Kier alpha value is -1.23. The summed E-state index contributed by atoms with van der Waals surface area (Å²) in [6.07, 6.45) is 8.18. The fourth-order valence-corrected chi connectivity index (χ4v) is 3.32. The number of hydrogen-bond donors (Lipinski definition) is 2. The molecule has 1 aromatic rings. The van der Waals surface area contributed by atoms with Gasteiger partial charge in [-0.05, 0) is 25.2 Å². The van der Waals surface area contributed by atoms with E-state index in [4.69, 9.17) is 0 Å². The molecule has 1 aliphatic carbocycles. The Balaban J connectivity index is 2.04. The third-order valence-corrected chi connectivity index (χ3v) is 4.53. The minimum absolute atomic E-state index is 0.146. The van der Waals surface area contributed by atoms with Gasteiger partial charge in [0, 0.05) is 29.1 Å². The number of pyridine rings is 1. The molecule has 98 valence electrons. The number of hydrogen-bond acceptors (Lipinski definition) is 3. The highest BCUT2D eigenvalue weighted by Crippen LogP contribution is 2.27. The molecular formula is C13H18N2O2S. The van der Waals surface area contributed by atoms with Crippen LogP contribution in [-0.4, -0.2) is 28.4 Å². The van der Waals surface area contributed by atoms with Crippen LogP contribution in [0.4, 0.5) is 0 Å². The molecule has 0 saturated heterocycles. The van der Waals surface area contributed by atoms with Crippen molar-refractivity contribution in [1.29, 1.82) is 0 Å². The van der Waals surface area contributed by atoms with Crippen molar-refractivity contribution in [3.05, 3.63) is 34.2 Å². The predicted octanol–water partition coefficient (Wildman–Crippen LogP) is 1.78. The zero-order valence-electron chi connectivity index (χ0n) is 10.4. The summed E-state index contributed by atoms with van der Waals surface area (Å²) in [5, 5.41) is 3.54. The molecule has 5 heteroatoms. The summed E-state index contributed by atoms with van der Waals surface area (Å²) in [5.74, 6) is -0.146. The number of nitrogens with one attached hydrogen (secondary N) is 2. The van der Waals surface area contributed by atoms with E-state index < -0.39 is 0 Å². The van der Waals surface area contributed by atoms with Crippen molar-refractivity contribution in [3.8, 4) is 0 Å². The van der Waals surface area contributed by atoms with Gasteiger partial charge in [-0.25, -0.2) is 0 Å².